The third-order valence-electron chi connectivity index (χ3n) is 17.5. The van der Waals surface area contributed by atoms with Crippen molar-refractivity contribution in [1.82, 2.24) is 30.7 Å². The van der Waals surface area contributed by atoms with Crippen molar-refractivity contribution in [2.24, 2.45) is 23.7 Å². The number of esters is 1. The third kappa shape index (κ3) is 25.0. The number of amides is 7. The van der Waals surface area contributed by atoms with E-state index in [9.17, 15) is 58.8 Å². The van der Waals surface area contributed by atoms with Crippen LogP contribution < -0.4 is 26.0 Å². The predicted octanol–water partition coefficient (Wildman–Crippen LogP) is 2.47. The molecule has 550 valence electrons. The van der Waals surface area contributed by atoms with Crippen LogP contribution in [0.1, 0.15) is 111 Å². The number of anilines is 1. The molecule has 0 aromatic heterocycles. The fraction of sp³-hybridized carbons (Fsp3) is 0.681. The highest BCUT2D eigenvalue weighted by Crippen LogP contribution is 2.33. The Kier molecular flexibility index (Phi) is 36.4. The number of benzene rings is 2. The van der Waals surface area contributed by atoms with E-state index in [1.165, 1.54) is 44.4 Å². The summed E-state index contributed by atoms with van der Waals surface area (Å²) in [5.41, 5.74) is 0.816. The van der Waals surface area contributed by atoms with Crippen molar-refractivity contribution >= 4 is 53.2 Å². The summed E-state index contributed by atoms with van der Waals surface area (Å²) in [4.78, 5) is 115. The molecule has 8 N–H and O–H groups in total. The number of carbonyl (C=O) groups is 8. The molecule has 2 unspecified atom stereocenters. The lowest BCUT2D eigenvalue weighted by molar-refractivity contribution is -0.272. The SMILES string of the molecule is C#CCOCCOCCOCCOCCNC(=O)CCC(=O)Nc1ccc(O[C@@H]2OC(C(=O)OC)[C@@H](O)[C@H](O)C2O)c(COC(=O)N(C)[C@H](C(=O)N[C@H](C(=O)N(C)[C@@H]([C@@H](C)CC)[C@@H](CC(=O)N2CCC[C@H]2[C@H](OC)[C@@H](C)C(=O)N[C@H](C)[C@@H](O)c2ccccc2)OC)C(C)C)C(C)C)c1. The first-order valence-corrected chi connectivity index (χ1v) is 33.4. The Balaban J connectivity index is 1.45. The number of likely N-dealkylation sites (N-methyl/N-ethyl adjacent to an activating group) is 2. The van der Waals surface area contributed by atoms with Crippen LogP contribution in [-0.4, -0.2) is 257 Å². The van der Waals surface area contributed by atoms with Crippen molar-refractivity contribution in [3.05, 3.63) is 59.7 Å². The van der Waals surface area contributed by atoms with Crippen molar-refractivity contribution in [1.29, 1.82) is 0 Å². The molecule has 98 heavy (non-hydrogen) atoms. The van der Waals surface area contributed by atoms with Gasteiger partial charge in [0.1, 0.15) is 49.4 Å². The van der Waals surface area contributed by atoms with E-state index < -0.39 is 139 Å². The minimum atomic E-state index is -1.95. The van der Waals surface area contributed by atoms with Gasteiger partial charge in [0.25, 0.3) is 0 Å². The molecule has 0 saturated carbocycles. The van der Waals surface area contributed by atoms with E-state index in [0.717, 1.165) is 12.0 Å². The quantitative estimate of drug-likeness (QED) is 0.0269. The van der Waals surface area contributed by atoms with Gasteiger partial charge in [0.15, 0.2) is 6.10 Å². The second-order valence-electron chi connectivity index (χ2n) is 25.2. The molecule has 4 rings (SSSR count). The Bertz CT molecular complexity index is 2870. The number of nitrogens with zero attached hydrogens (tertiary/aromatic N) is 3. The van der Waals surface area contributed by atoms with Crippen LogP contribution in [0, 0.1) is 36.0 Å². The summed E-state index contributed by atoms with van der Waals surface area (Å²) in [5.74, 6) is -3.68. The van der Waals surface area contributed by atoms with Gasteiger partial charge in [-0.25, -0.2) is 9.59 Å². The number of hydrogen-bond donors (Lipinski definition) is 8. The number of methoxy groups -OCH3 is 3. The van der Waals surface area contributed by atoms with Crippen LogP contribution in [0.4, 0.5) is 10.5 Å². The van der Waals surface area contributed by atoms with Crippen molar-refractivity contribution in [3.8, 4) is 18.1 Å². The van der Waals surface area contributed by atoms with Crippen molar-refractivity contribution < 1.29 is 106 Å². The van der Waals surface area contributed by atoms with Crippen molar-refractivity contribution in [2.45, 2.75) is 180 Å². The zero-order chi connectivity index (χ0) is 72.8. The highest BCUT2D eigenvalue weighted by atomic mass is 16.7. The van der Waals surface area contributed by atoms with Crippen molar-refractivity contribution in [2.75, 3.05) is 107 Å². The summed E-state index contributed by atoms with van der Waals surface area (Å²) in [6.45, 7) is 16.7. The molecule has 7 amide bonds. The van der Waals surface area contributed by atoms with E-state index in [0.29, 0.717) is 64.4 Å². The molecule has 0 spiro atoms. The van der Waals surface area contributed by atoms with Crippen LogP contribution in [0.5, 0.6) is 5.75 Å². The second-order valence-corrected chi connectivity index (χ2v) is 25.2. The van der Waals surface area contributed by atoms with Crippen LogP contribution in [0.15, 0.2) is 48.5 Å². The van der Waals surface area contributed by atoms with Gasteiger partial charge in [-0.1, -0.05) is 91.1 Å². The van der Waals surface area contributed by atoms with Gasteiger partial charge >= 0.3 is 12.1 Å². The molecule has 29 nitrogen and oxygen atoms in total. The van der Waals surface area contributed by atoms with E-state index in [4.69, 9.17) is 53.8 Å². The van der Waals surface area contributed by atoms with Crippen LogP contribution in [-0.2, 0) is 82.8 Å². The average Bonchev–Trinajstić information content (AvgIpc) is 1.27. The highest BCUT2D eigenvalue weighted by Gasteiger charge is 2.49. The van der Waals surface area contributed by atoms with Gasteiger partial charge in [0, 0.05) is 65.5 Å². The van der Waals surface area contributed by atoms with Gasteiger partial charge in [0.2, 0.25) is 41.7 Å². The summed E-state index contributed by atoms with van der Waals surface area (Å²) >= 11 is 0. The Morgan fingerprint density at radius 2 is 1.39 bits per heavy atom. The van der Waals surface area contributed by atoms with Crippen molar-refractivity contribution in [3.63, 3.8) is 0 Å². The molecule has 0 radical (unpaired) electrons. The molecule has 0 bridgehead atoms. The topological polar surface area (TPSA) is 368 Å². The summed E-state index contributed by atoms with van der Waals surface area (Å²) in [6.07, 6.45) is -6.55. The monoisotopic (exact) mass is 1390 g/mol. The molecule has 2 fully saturated rings. The zero-order valence-corrected chi connectivity index (χ0v) is 59.0. The number of likely N-dealkylation sites (tertiary alicyclic amines) is 1. The molecule has 0 aliphatic carbocycles. The Morgan fingerprint density at radius 3 is 1.98 bits per heavy atom. The van der Waals surface area contributed by atoms with Crippen LogP contribution in [0.2, 0.25) is 0 Å². The van der Waals surface area contributed by atoms with E-state index in [2.05, 4.69) is 27.2 Å². The fourth-order valence-electron chi connectivity index (χ4n) is 11.8. The van der Waals surface area contributed by atoms with Gasteiger partial charge in [0.05, 0.1) is 102 Å². The zero-order valence-electron chi connectivity index (χ0n) is 59.0. The molecule has 29 heteroatoms. The maximum Gasteiger partial charge on any atom is 0.410 e. The molecule has 15 atom stereocenters. The van der Waals surface area contributed by atoms with Gasteiger partial charge in [-0.3, -0.25) is 33.7 Å². The molecular formula is C69H107N7O22. The van der Waals surface area contributed by atoms with Crippen LogP contribution in [0.25, 0.3) is 0 Å². The first-order chi connectivity index (χ1) is 46.7. The summed E-state index contributed by atoms with van der Waals surface area (Å²) in [7, 11) is 6.92. The molecule has 2 heterocycles. The largest absolute Gasteiger partial charge is 0.467 e. The smallest absolute Gasteiger partial charge is 0.410 e. The Morgan fingerprint density at radius 1 is 0.755 bits per heavy atom. The van der Waals surface area contributed by atoms with Gasteiger partial charge < -0.3 is 98.9 Å². The molecule has 2 aliphatic rings. The lowest BCUT2D eigenvalue weighted by Crippen LogP contribution is -2.61. The van der Waals surface area contributed by atoms with Gasteiger partial charge in [-0.05, 0) is 61.3 Å². The normalized spacial score (nSPS) is 20.4. The number of nitrogens with one attached hydrogen (secondary N) is 4. The second kappa shape index (κ2) is 42.8. The Labute approximate surface area is 575 Å². The lowest BCUT2D eigenvalue weighted by Gasteiger charge is -2.41. The lowest BCUT2D eigenvalue weighted by atomic mass is 9.89. The number of aliphatic hydroxyl groups excluding tert-OH is 4. The summed E-state index contributed by atoms with van der Waals surface area (Å²) < 4.78 is 55.5. The number of carbonyl (C=O) groups excluding carboxylic acids is 8. The number of ether oxygens (including phenoxy) is 10. The minimum Gasteiger partial charge on any atom is -0.467 e. The predicted molar refractivity (Wildman–Crippen MR) is 357 cm³/mol. The minimum absolute atomic E-state index is 0.0285. The average molecular weight is 1390 g/mol. The highest BCUT2D eigenvalue weighted by molar-refractivity contribution is 5.94. The van der Waals surface area contributed by atoms with E-state index in [-0.39, 0.29) is 80.4 Å². The first-order valence-electron chi connectivity index (χ1n) is 33.4. The van der Waals surface area contributed by atoms with Gasteiger partial charge in [-0.2, -0.15) is 0 Å². The summed E-state index contributed by atoms with van der Waals surface area (Å²) in [5, 5.41) is 54.4. The maximum absolute atomic E-state index is 14.9. The third-order valence-corrected chi connectivity index (χ3v) is 17.5. The summed E-state index contributed by atoms with van der Waals surface area (Å²) in [6, 6.07) is 8.88. The Hall–Kier alpha value is -7.08. The number of terminal acetylenes is 1. The number of hydrogen-bond acceptors (Lipinski definition) is 22. The molecule has 2 aromatic carbocycles. The fourth-order valence-corrected chi connectivity index (χ4v) is 11.8. The van der Waals surface area contributed by atoms with Gasteiger partial charge in [-0.15, -0.1) is 6.42 Å². The first kappa shape index (κ1) is 83.3. The number of aliphatic hydroxyl groups is 4. The van der Waals surface area contributed by atoms with E-state index >= 15 is 0 Å². The molecular weight excluding hydrogens is 1280 g/mol. The van der Waals surface area contributed by atoms with Crippen LogP contribution in [0.3, 0.4) is 0 Å². The molecule has 2 aromatic rings. The standard InChI is InChI=1S/C69H107N7O22/c1-15-30-92-32-34-94-36-37-95-35-33-93-31-28-70-52(77)26-27-53(78)72-48-24-25-50(97-68-61(83)59(81)60(82)63(98-68)67(87)91-14)47(38-48)40-96-69(88)75(11)56(42(5)6)65(85)73-55(41(3)4)66(86)74(10)57(43(7)16-2)51(89-12)39-54(79)76-29-20-23-49(76)62(90-13)44(8)64(84)71-45(9)58(80)46-21-18-17-19-22-46/h1,17-19,21-22,24-25,38,41-45,49,51,55-63,68,80-83H,16,20,23,26-37,39-40H2,2-14H3,(H,70,77)(H,71,84)(H,72,78)(H,73,85)/t43-,44+,45+,49-,51+,55-,56-,57-,58+,59-,60-,61?,62+,63?,68+/m0/s1. The number of rotatable bonds is 42. The van der Waals surface area contributed by atoms with Crippen LogP contribution >= 0.6 is 0 Å². The van der Waals surface area contributed by atoms with E-state index in [1.807, 2.05) is 19.9 Å². The molecule has 2 aliphatic heterocycles. The molecule has 2 saturated heterocycles. The maximum atomic E-state index is 14.9. The van der Waals surface area contributed by atoms with E-state index in [1.54, 1.807) is 77.8 Å².